The van der Waals surface area contributed by atoms with Crippen molar-refractivity contribution in [3.63, 3.8) is 0 Å². The van der Waals surface area contributed by atoms with Gasteiger partial charge in [0, 0.05) is 0 Å². The Morgan fingerprint density at radius 3 is 2.59 bits per heavy atom. The molecule has 3 nitrogen and oxygen atoms in total. The van der Waals surface area contributed by atoms with E-state index in [-0.39, 0.29) is 11.9 Å². The summed E-state index contributed by atoms with van der Waals surface area (Å²) in [4.78, 5) is 11.3. The fourth-order valence-corrected chi connectivity index (χ4v) is 1.51. The van der Waals surface area contributed by atoms with Gasteiger partial charge in [-0.05, 0) is 24.1 Å². The third kappa shape index (κ3) is 4.31. The second kappa shape index (κ2) is 6.74. The van der Waals surface area contributed by atoms with Crippen LogP contribution in [0.15, 0.2) is 36.9 Å². The van der Waals surface area contributed by atoms with Crippen LogP contribution in [0.3, 0.4) is 0 Å². The number of esters is 1. The molecule has 1 unspecified atom stereocenters. The van der Waals surface area contributed by atoms with Crippen molar-refractivity contribution in [1.82, 2.24) is 0 Å². The summed E-state index contributed by atoms with van der Waals surface area (Å²) >= 11 is 0. The van der Waals surface area contributed by atoms with Gasteiger partial charge in [0.15, 0.2) is 0 Å². The number of carbonyl (C=O) groups is 1. The Bertz CT molecular complexity index is 368. The Morgan fingerprint density at radius 1 is 1.41 bits per heavy atom. The molecule has 0 saturated carbocycles. The van der Waals surface area contributed by atoms with E-state index in [1.54, 1.807) is 6.08 Å². The molecule has 0 fully saturated rings. The summed E-state index contributed by atoms with van der Waals surface area (Å²) in [6.45, 7) is 5.94. The van der Waals surface area contributed by atoms with Crippen molar-refractivity contribution in [1.29, 1.82) is 0 Å². The first-order valence-corrected chi connectivity index (χ1v) is 5.57. The van der Waals surface area contributed by atoms with E-state index in [4.69, 9.17) is 4.74 Å². The van der Waals surface area contributed by atoms with Crippen LogP contribution in [0.4, 0.5) is 0 Å². The Kier molecular flexibility index (Phi) is 5.27. The second-order valence-electron chi connectivity index (χ2n) is 3.87. The molecule has 1 aromatic carbocycles. The average molecular weight is 234 g/mol. The molecule has 0 aliphatic carbocycles. The summed E-state index contributed by atoms with van der Waals surface area (Å²) in [6, 6.07) is 7.70. The van der Waals surface area contributed by atoms with Crippen molar-refractivity contribution in [3.8, 4) is 5.75 Å². The Balaban J connectivity index is 2.55. The summed E-state index contributed by atoms with van der Waals surface area (Å²) in [5.41, 5.74) is 1.09. The fraction of sp³-hybridized carbons (Fsp3) is 0.357. The molecule has 0 aliphatic heterocycles. The lowest BCUT2D eigenvalue weighted by Gasteiger charge is -2.09. The van der Waals surface area contributed by atoms with Crippen LogP contribution in [-0.4, -0.2) is 19.7 Å². The maximum absolute atomic E-state index is 11.3. The zero-order valence-corrected chi connectivity index (χ0v) is 10.3. The molecule has 0 amide bonds. The van der Waals surface area contributed by atoms with Crippen LogP contribution in [0, 0.1) is 5.92 Å². The molecule has 0 radical (unpaired) electrons. The Morgan fingerprint density at radius 2 is 2.06 bits per heavy atom. The number of benzene rings is 1. The maximum Gasteiger partial charge on any atom is 0.308 e. The molecular weight excluding hydrogens is 216 g/mol. The zero-order chi connectivity index (χ0) is 12.7. The minimum atomic E-state index is -0.183. The van der Waals surface area contributed by atoms with Gasteiger partial charge >= 0.3 is 5.97 Å². The van der Waals surface area contributed by atoms with Crippen molar-refractivity contribution in [2.24, 2.45) is 5.92 Å². The summed E-state index contributed by atoms with van der Waals surface area (Å²) in [7, 11) is 1.41. The fourth-order valence-electron chi connectivity index (χ4n) is 1.51. The second-order valence-corrected chi connectivity index (χ2v) is 3.87. The van der Waals surface area contributed by atoms with Gasteiger partial charge in [0.1, 0.15) is 12.4 Å². The van der Waals surface area contributed by atoms with Crippen LogP contribution in [0.25, 0.3) is 0 Å². The number of hydrogen-bond acceptors (Lipinski definition) is 3. The highest BCUT2D eigenvalue weighted by molar-refractivity contribution is 5.72. The topological polar surface area (TPSA) is 35.5 Å². The number of ether oxygens (including phenoxy) is 2. The first-order chi connectivity index (χ1) is 8.17. The zero-order valence-electron chi connectivity index (χ0n) is 10.3. The summed E-state index contributed by atoms with van der Waals surface area (Å²) in [5.74, 6) is 0.497. The van der Waals surface area contributed by atoms with Crippen molar-refractivity contribution in [2.45, 2.75) is 13.3 Å². The predicted octanol–water partition coefficient (Wildman–Crippen LogP) is 2.60. The normalized spacial score (nSPS) is 11.6. The largest absolute Gasteiger partial charge is 0.490 e. The van der Waals surface area contributed by atoms with E-state index in [0.29, 0.717) is 13.0 Å². The summed E-state index contributed by atoms with van der Waals surface area (Å²) < 4.78 is 10.1. The van der Waals surface area contributed by atoms with E-state index in [1.807, 2.05) is 31.2 Å². The number of methoxy groups -OCH3 is 1. The summed E-state index contributed by atoms with van der Waals surface area (Å²) in [6.07, 6.45) is 2.38. The lowest BCUT2D eigenvalue weighted by Crippen LogP contribution is -2.14. The van der Waals surface area contributed by atoms with Gasteiger partial charge in [0.05, 0.1) is 13.0 Å². The highest BCUT2D eigenvalue weighted by atomic mass is 16.5. The standard InChI is InChI=1S/C14H18O3/c1-4-9-17-13-7-5-12(6-8-13)10-11(2)14(15)16-3/h4-8,11H,1,9-10H2,2-3H3. The van der Waals surface area contributed by atoms with E-state index in [9.17, 15) is 4.79 Å². The highest BCUT2D eigenvalue weighted by Gasteiger charge is 2.13. The van der Waals surface area contributed by atoms with Crippen LogP contribution in [0.2, 0.25) is 0 Å². The molecule has 3 heteroatoms. The van der Waals surface area contributed by atoms with E-state index in [0.717, 1.165) is 11.3 Å². The lowest BCUT2D eigenvalue weighted by atomic mass is 10.0. The molecule has 0 heterocycles. The predicted molar refractivity (Wildman–Crippen MR) is 67.0 cm³/mol. The number of hydrogen-bond donors (Lipinski definition) is 0. The quantitative estimate of drug-likeness (QED) is 0.560. The molecule has 17 heavy (non-hydrogen) atoms. The Hall–Kier alpha value is -1.77. The van der Waals surface area contributed by atoms with Gasteiger partial charge in [-0.3, -0.25) is 4.79 Å². The van der Waals surface area contributed by atoms with Crippen LogP contribution >= 0.6 is 0 Å². The Labute approximate surface area is 102 Å². The van der Waals surface area contributed by atoms with Gasteiger partial charge in [-0.1, -0.05) is 31.7 Å². The van der Waals surface area contributed by atoms with E-state index < -0.39 is 0 Å². The molecule has 0 saturated heterocycles. The molecule has 1 aromatic rings. The molecule has 0 spiro atoms. The van der Waals surface area contributed by atoms with Gasteiger partial charge in [-0.25, -0.2) is 0 Å². The highest BCUT2D eigenvalue weighted by Crippen LogP contribution is 2.15. The number of rotatable bonds is 6. The third-order valence-corrected chi connectivity index (χ3v) is 2.44. The summed E-state index contributed by atoms with van der Waals surface area (Å²) in [5, 5.41) is 0. The smallest absolute Gasteiger partial charge is 0.308 e. The van der Waals surface area contributed by atoms with Crippen LogP contribution in [-0.2, 0) is 16.0 Å². The first kappa shape index (κ1) is 13.3. The van der Waals surface area contributed by atoms with E-state index in [2.05, 4.69) is 11.3 Å². The molecular formula is C14H18O3. The van der Waals surface area contributed by atoms with Crippen LogP contribution in [0.5, 0.6) is 5.75 Å². The molecule has 0 bridgehead atoms. The van der Waals surface area contributed by atoms with Gasteiger partial charge in [0.2, 0.25) is 0 Å². The van der Waals surface area contributed by atoms with Crippen LogP contribution < -0.4 is 4.74 Å². The lowest BCUT2D eigenvalue weighted by molar-refractivity contribution is -0.144. The van der Waals surface area contributed by atoms with E-state index >= 15 is 0 Å². The minimum Gasteiger partial charge on any atom is -0.490 e. The SMILES string of the molecule is C=CCOc1ccc(CC(C)C(=O)OC)cc1. The maximum atomic E-state index is 11.3. The van der Waals surface area contributed by atoms with E-state index in [1.165, 1.54) is 7.11 Å². The van der Waals surface area contributed by atoms with Crippen molar-refractivity contribution in [3.05, 3.63) is 42.5 Å². The van der Waals surface area contributed by atoms with Crippen molar-refractivity contribution < 1.29 is 14.3 Å². The molecule has 92 valence electrons. The molecule has 0 N–H and O–H groups in total. The molecule has 1 rings (SSSR count). The van der Waals surface area contributed by atoms with Crippen molar-refractivity contribution >= 4 is 5.97 Å². The van der Waals surface area contributed by atoms with Gasteiger partial charge in [-0.2, -0.15) is 0 Å². The first-order valence-electron chi connectivity index (χ1n) is 5.57. The molecule has 1 atom stereocenters. The average Bonchev–Trinajstić information content (AvgIpc) is 2.37. The van der Waals surface area contributed by atoms with Crippen LogP contribution in [0.1, 0.15) is 12.5 Å². The third-order valence-electron chi connectivity index (χ3n) is 2.44. The van der Waals surface area contributed by atoms with Gasteiger partial charge in [0.25, 0.3) is 0 Å². The van der Waals surface area contributed by atoms with Crippen molar-refractivity contribution in [2.75, 3.05) is 13.7 Å². The minimum absolute atomic E-state index is 0.125. The molecule has 0 aliphatic rings. The molecule has 0 aromatic heterocycles. The van der Waals surface area contributed by atoms with Gasteiger partial charge in [-0.15, -0.1) is 0 Å². The monoisotopic (exact) mass is 234 g/mol. The number of carbonyl (C=O) groups excluding carboxylic acids is 1. The van der Waals surface area contributed by atoms with Gasteiger partial charge < -0.3 is 9.47 Å².